The Hall–Kier alpha value is -1.92. The lowest BCUT2D eigenvalue weighted by atomic mass is 10.0. The minimum Gasteiger partial charge on any atom is -0.368 e. The van der Waals surface area contributed by atoms with Gasteiger partial charge < -0.3 is 16.4 Å². The van der Waals surface area contributed by atoms with Crippen molar-refractivity contribution in [3.63, 3.8) is 0 Å². The second-order valence-corrected chi connectivity index (χ2v) is 4.89. The number of carbonyl (C=O) groups is 2. The topological polar surface area (TPSA) is 87.5 Å². The van der Waals surface area contributed by atoms with Gasteiger partial charge in [0.25, 0.3) is 0 Å². The number of hydrogen-bond donors (Lipinski definition) is 3. The molecule has 0 saturated carbocycles. The van der Waals surface area contributed by atoms with Crippen LogP contribution in [0.25, 0.3) is 0 Å². The molecule has 1 aliphatic rings. The molecule has 1 atom stereocenters. The quantitative estimate of drug-likeness (QED) is 0.726. The largest absolute Gasteiger partial charge is 0.368 e. The highest BCUT2D eigenvalue weighted by Crippen LogP contribution is 2.22. The lowest BCUT2D eigenvalue weighted by Crippen LogP contribution is -2.48. The summed E-state index contributed by atoms with van der Waals surface area (Å²) in [5, 5.41) is 5.95. The van der Waals surface area contributed by atoms with E-state index >= 15 is 0 Å². The van der Waals surface area contributed by atoms with Crippen molar-refractivity contribution in [2.75, 3.05) is 31.5 Å². The Labute approximate surface area is 118 Å². The molecule has 4 N–H and O–H groups in total. The zero-order valence-corrected chi connectivity index (χ0v) is 11.6. The summed E-state index contributed by atoms with van der Waals surface area (Å²) in [4.78, 5) is 24.8. The SMILES string of the molecule is CC(=O)Nc1ccc(C(C(N)=O)N2CCNCC2)cc1. The standard InChI is InChI=1S/C14H20N4O2/c1-10(19)17-12-4-2-11(3-5-12)13(14(15)20)18-8-6-16-7-9-18/h2-5,13,16H,6-9H2,1H3,(H2,15,20)(H,17,19). The molecule has 1 aliphatic heterocycles. The maximum atomic E-state index is 11.8. The van der Waals surface area contributed by atoms with Gasteiger partial charge in [-0.1, -0.05) is 12.1 Å². The molecule has 0 spiro atoms. The molecule has 0 aliphatic carbocycles. The van der Waals surface area contributed by atoms with Crippen LogP contribution in [0.3, 0.4) is 0 Å². The maximum Gasteiger partial charge on any atom is 0.239 e. The summed E-state index contributed by atoms with van der Waals surface area (Å²) in [6.45, 7) is 4.75. The Bertz CT molecular complexity index is 480. The van der Waals surface area contributed by atoms with Gasteiger partial charge in [0.15, 0.2) is 0 Å². The van der Waals surface area contributed by atoms with Crippen LogP contribution in [0.4, 0.5) is 5.69 Å². The normalized spacial score (nSPS) is 17.4. The van der Waals surface area contributed by atoms with E-state index in [4.69, 9.17) is 5.73 Å². The van der Waals surface area contributed by atoms with Gasteiger partial charge in [-0.3, -0.25) is 14.5 Å². The van der Waals surface area contributed by atoms with Gasteiger partial charge in [-0.15, -0.1) is 0 Å². The van der Waals surface area contributed by atoms with E-state index in [9.17, 15) is 9.59 Å². The van der Waals surface area contributed by atoms with E-state index in [1.54, 1.807) is 12.1 Å². The Morgan fingerprint density at radius 2 is 1.85 bits per heavy atom. The molecule has 1 heterocycles. The second-order valence-electron chi connectivity index (χ2n) is 4.89. The van der Waals surface area contributed by atoms with E-state index < -0.39 is 6.04 Å². The Morgan fingerprint density at radius 3 is 2.35 bits per heavy atom. The first-order valence-electron chi connectivity index (χ1n) is 6.69. The highest BCUT2D eigenvalue weighted by molar-refractivity contribution is 5.88. The number of benzene rings is 1. The third-order valence-corrected chi connectivity index (χ3v) is 3.33. The number of carbonyl (C=O) groups excluding carboxylic acids is 2. The van der Waals surface area contributed by atoms with Crippen LogP contribution in [0.1, 0.15) is 18.5 Å². The first-order valence-corrected chi connectivity index (χ1v) is 6.69. The summed E-state index contributed by atoms with van der Waals surface area (Å²) in [6, 6.07) is 6.83. The van der Waals surface area contributed by atoms with Crippen LogP contribution in [0.5, 0.6) is 0 Å². The monoisotopic (exact) mass is 276 g/mol. The number of hydrogen-bond acceptors (Lipinski definition) is 4. The molecule has 2 amide bonds. The van der Waals surface area contributed by atoms with Gasteiger partial charge in [0, 0.05) is 38.8 Å². The van der Waals surface area contributed by atoms with Crippen LogP contribution in [0.15, 0.2) is 24.3 Å². The smallest absolute Gasteiger partial charge is 0.239 e. The minimum absolute atomic E-state index is 0.119. The van der Waals surface area contributed by atoms with E-state index in [2.05, 4.69) is 15.5 Å². The third-order valence-electron chi connectivity index (χ3n) is 3.33. The zero-order valence-electron chi connectivity index (χ0n) is 11.6. The predicted molar refractivity (Wildman–Crippen MR) is 77.1 cm³/mol. The number of nitrogens with zero attached hydrogens (tertiary/aromatic N) is 1. The van der Waals surface area contributed by atoms with Gasteiger partial charge in [-0.25, -0.2) is 0 Å². The Balaban J connectivity index is 2.16. The molecule has 2 rings (SSSR count). The molecule has 1 fully saturated rings. The average Bonchev–Trinajstić information content (AvgIpc) is 2.41. The molecule has 108 valence electrons. The molecule has 6 nitrogen and oxygen atoms in total. The molecular formula is C14H20N4O2. The number of nitrogens with two attached hydrogens (primary N) is 1. The fourth-order valence-electron chi connectivity index (χ4n) is 2.45. The van der Waals surface area contributed by atoms with Gasteiger partial charge in [-0.05, 0) is 17.7 Å². The fraction of sp³-hybridized carbons (Fsp3) is 0.429. The molecular weight excluding hydrogens is 256 g/mol. The van der Waals surface area contributed by atoms with Crippen LogP contribution in [-0.2, 0) is 9.59 Å². The summed E-state index contributed by atoms with van der Waals surface area (Å²) in [5.74, 6) is -0.467. The number of rotatable bonds is 4. The van der Waals surface area contributed by atoms with Gasteiger partial charge >= 0.3 is 0 Å². The van der Waals surface area contributed by atoms with Crippen LogP contribution in [-0.4, -0.2) is 42.9 Å². The van der Waals surface area contributed by atoms with Gasteiger partial charge in [0.2, 0.25) is 11.8 Å². The van der Waals surface area contributed by atoms with Gasteiger partial charge in [-0.2, -0.15) is 0 Å². The van der Waals surface area contributed by atoms with Crippen LogP contribution in [0, 0.1) is 0 Å². The van der Waals surface area contributed by atoms with E-state index in [-0.39, 0.29) is 11.8 Å². The van der Waals surface area contributed by atoms with E-state index in [1.165, 1.54) is 6.92 Å². The summed E-state index contributed by atoms with van der Waals surface area (Å²) in [7, 11) is 0. The molecule has 1 unspecified atom stereocenters. The van der Waals surface area contributed by atoms with E-state index in [1.807, 2.05) is 12.1 Å². The summed E-state index contributed by atoms with van der Waals surface area (Å²) >= 11 is 0. The highest BCUT2D eigenvalue weighted by Gasteiger charge is 2.26. The van der Waals surface area contributed by atoms with Crippen molar-refractivity contribution < 1.29 is 9.59 Å². The van der Waals surface area contributed by atoms with Crippen molar-refractivity contribution in [2.45, 2.75) is 13.0 Å². The van der Waals surface area contributed by atoms with Gasteiger partial charge in [0.1, 0.15) is 6.04 Å². The summed E-state index contributed by atoms with van der Waals surface area (Å²) in [5.41, 5.74) is 7.12. The lowest BCUT2D eigenvalue weighted by molar-refractivity contribution is -0.123. The van der Waals surface area contributed by atoms with Crippen LogP contribution < -0.4 is 16.4 Å². The maximum absolute atomic E-state index is 11.8. The molecule has 1 aromatic rings. The number of anilines is 1. The summed E-state index contributed by atoms with van der Waals surface area (Å²) in [6.07, 6.45) is 0. The fourth-order valence-corrected chi connectivity index (χ4v) is 2.45. The first kappa shape index (κ1) is 14.5. The molecule has 0 radical (unpaired) electrons. The minimum atomic E-state index is -0.413. The average molecular weight is 276 g/mol. The van der Waals surface area contributed by atoms with Crippen LogP contribution in [0.2, 0.25) is 0 Å². The number of primary amides is 1. The van der Waals surface area contributed by atoms with Gasteiger partial charge in [0.05, 0.1) is 0 Å². The van der Waals surface area contributed by atoms with Crippen molar-refractivity contribution >= 4 is 17.5 Å². The molecule has 0 aromatic heterocycles. The summed E-state index contributed by atoms with van der Waals surface area (Å²) < 4.78 is 0. The van der Waals surface area contributed by atoms with E-state index in [0.717, 1.165) is 31.7 Å². The van der Waals surface area contributed by atoms with Crippen molar-refractivity contribution in [1.82, 2.24) is 10.2 Å². The van der Waals surface area contributed by atoms with E-state index in [0.29, 0.717) is 5.69 Å². The Morgan fingerprint density at radius 1 is 1.25 bits per heavy atom. The van der Waals surface area contributed by atoms with Crippen molar-refractivity contribution in [1.29, 1.82) is 0 Å². The van der Waals surface area contributed by atoms with Crippen molar-refractivity contribution in [3.05, 3.63) is 29.8 Å². The third kappa shape index (κ3) is 3.55. The van der Waals surface area contributed by atoms with Crippen molar-refractivity contribution in [2.24, 2.45) is 5.73 Å². The molecule has 20 heavy (non-hydrogen) atoms. The number of piperazine rings is 1. The molecule has 6 heteroatoms. The zero-order chi connectivity index (χ0) is 14.5. The second kappa shape index (κ2) is 6.49. The molecule has 1 saturated heterocycles. The van der Waals surface area contributed by atoms with Crippen LogP contribution >= 0.6 is 0 Å². The highest BCUT2D eigenvalue weighted by atomic mass is 16.2. The van der Waals surface area contributed by atoms with Crippen molar-refractivity contribution in [3.8, 4) is 0 Å². The predicted octanol–water partition coefficient (Wildman–Crippen LogP) is 0.0766. The Kier molecular flexibility index (Phi) is 4.70. The molecule has 1 aromatic carbocycles. The number of amides is 2. The number of nitrogens with one attached hydrogen (secondary N) is 2. The first-order chi connectivity index (χ1) is 9.58. The lowest BCUT2D eigenvalue weighted by Gasteiger charge is -2.33. The molecule has 0 bridgehead atoms.